The molecular formula is C22H32N2O6. The van der Waals surface area contributed by atoms with E-state index in [-0.39, 0.29) is 31.5 Å². The summed E-state index contributed by atoms with van der Waals surface area (Å²) in [6, 6.07) is 7.84. The maximum atomic E-state index is 12.6. The van der Waals surface area contributed by atoms with Gasteiger partial charge in [0.25, 0.3) is 0 Å². The maximum Gasteiger partial charge on any atom is 0.311 e. The van der Waals surface area contributed by atoms with Crippen molar-refractivity contribution in [3.05, 3.63) is 29.8 Å². The number of rotatable bonds is 9. The molecule has 3 rings (SSSR count). The highest BCUT2D eigenvalue weighted by atomic mass is 16.7. The van der Waals surface area contributed by atoms with Crippen LogP contribution in [0, 0.1) is 5.92 Å². The maximum absolute atomic E-state index is 12.6. The van der Waals surface area contributed by atoms with Gasteiger partial charge in [0.05, 0.1) is 31.8 Å². The minimum absolute atomic E-state index is 0.00859. The molecule has 2 fully saturated rings. The summed E-state index contributed by atoms with van der Waals surface area (Å²) in [5.74, 6) is -0.222. The van der Waals surface area contributed by atoms with Crippen molar-refractivity contribution < 1.29 is 29.0 Å². The van der Waals surface area contributed by atoms with Crippen molar-refractivity contribution in [2.45, 2.75) is 44.7 Å². The van der Waals surface area contributed by atoms with Gasteiger partial charge in [-0.2, -0.15) is 0 Å². The van der Waals surface area contributed by atoms with E-state index in [2.05, 4.69) is 4.90 Å². The lowest BCUT2D eigenvalue weighted by molar-refractivity contribution is -0.223. The number of carbonyl (C=O) groups is 2. The normalized spacial score (nSPS) is 21.2. The number of likely N-dealkylation sites (tertiary alicyclic amines) is 1. The average Bonchev–Trinajstić information content (AvgIpc) is 3.04. The van der Waals surface area contributed by atoms with Gasteiger partial charge in [0, 0.05) is 26.1 Å². The number of hydrogen-bond donors (Lipinski definition) is 1. The molecule has 0 bridgehead atoms. The lowest BCUT2D eigenvalue weighted by atomic mass is 9.77. The van der Waals surface area contributed by atoms with E-state index in [0.29, 0.717) is 19.4 Å². The molecule has 30 heavy (non-hydrogen) atoms. The fraction of sp³-hybridized carbons (Fsp3) is 0.636. The number of aliphatic hydroxyl groups is 1. The van der Waals surface area contributed by atoms with Crippen LogP contribution in [-0.4, -0.2) is 72.5 Å². The minimum atomic E-state index is -0.627. The SMILES string of the molecule is CCCON1C(=O)C[C@H](C(=O)OC)C12CCN(Cc1ccc(OCCO)cc1)CC2. The van der Waals surface area contributed by atoms with Crippen molar-refractivity contribution in [3.8, 4) is 5.75 Å². The molecule has 0 aliphatic carbocycles. The third kappa shape index (κ3) is 4.77. The highest BCUT2D eigenvalue weighted by Crippen LogP contribution is 2.44. The molecule has 1 aromatic carbocycles. The Balaban J connectivity index is 1.65. The summed E-state index contributed by atoms with van der Waals surface area (Å²) in [6.45, 7) is 5.02. The Morgan fingerprint density at radius 3 is 2.50 bits per heavy atom. The number of amides is 1. The second-order valence-electron chi connectivity index (χ2n) is 7.90. The van der Waals surface area contributed by atoms with Gasteiger partial charge in [0.15, 0.2) is 0 Å². The monoisotopic (exact) mass is 420 g/mol. The molecule has 1 N–H and O–H groups in total. The van der Waals surface area contributed by atoms with Crippen molar-refractivity contribution in [2.75, 3.05) is 40.0 Å². The molecule has 0 radical (unpaired) electrons. The number of nitrogens with zero attached hydrogens (tertiary/aromatic N) is 2. The van der Waals surface area contributed by atoms with Gasteiger partial charge in [-0.25, -0.2) is 5.06 Å². The van der Waals surface area contributed by atoms with E-state index in [0.717, 1.165) is 37.4 Å². The Kier molecular flexibility index (Phi) is 7.69. The molecule has 1 spiro atoms. The summed E-state index contributed by atoms with van der Waals surface area (Å²) in [7, 11) is 1.37. The zero-order valence-electron chi connectivity index (χ0n) is 17.8. The predicted octanol–water partition coefficient (Wildman–Crippen LogP) is 1.76. The van der Waals surface area contributed by atoms with Crippen molar-refractivity contribution in [1.82, 2.24) is 9.96 Å². The fourth-order valence-electron chi connectivity index (χ4n) is 4.43. The Morgan fingerprint density at radius 1 is 1.20 bits per heavy atom. The zero-order valence-corrected chi connectivity index (χ0v) is 17.8. The summed E-state index contributed by atoms with van der Waals surface area (Å²) in [5, 5.41) is 10.3. The number of esters is 1. The number of methoxy groups -OCH3 is 1. The second-order valence-corrected chi connectivity index (χ2v) is 7.90. The first-order chi connectivity index (χ1) is 14.5. The quantitative estimate of drug-likeness (QED) is 0.609. The van der Waals surface area contributed by atoms with E-state index in [1.165, 1.54) is 12.2 Å². The van der Waals surface area contributed by atoms with Crippen molar-refractivity contribution >= 4 is 11.9 Å². The molecule has 1 aromatic rings. The van der Waals surface area contributed by atoms with Crippen LogP contribution in [0.2, 0.25) is 0 Å². The molecule has 0 unspecified atom stereocenters. The predicted molar refractivity (Wildman–Crippen MR) is 109 cm³/mol. The summed E-state index contributed by atoms with van der Waals surface area (Å²) in [5.41, 5.74) is 0.533. The molecule has 166 valence electrons. The van der Waals surface area contributed by atoms with E-state index in [4.69, 9.17) is 19.4 Å². The van der Waals surface area contributed by atoms with E-state index in [1.54, 1.807) is 0 Å². The van der Waals surface area contributed by atoms with Crippen LogP contribution < -0.4 is 4.74 Å². The number of aliphatic hydroxyl groups excluding tert-OH is 1. The smallest absolute Gasteiger partial charge is 0.311 e. The number of ether oxygens (including phenoxy) is 2. The number of carbonyl (C=O) groups excluding carboxylic acids is 2. The standard InChI is InChI=1S/C22H32N2O6/c1-3-13-30-24-20(26)15-19(21(27)28-2)22(24)8-10-23(11-9-22)16-17-4-6-18(7-5-17)29-14-12-25/h4-7,19,25H,3,8-16H2,1-2H3/t19-/m1/s1. The minimum Gasteiger partial charge on any atom is -0.491 e. The van der Waals surface area contributed by atoms with Gasteiger partial charge >= 0.3 is 5.97 Å². The fourth-order valence-corrected chi connectivity index (χ4v) is 4.43. The van der Waals surface area contributed by atoms with E-state index in [9.17, 15) is 9.59 Å². The summed E-state index contributed by atoms with van der Waals surface area (Å²) in [4.78, 5) is 33.2. The van der Waals surface area contributed by atoms with Crippen LogP contribution in [-0.2, 0) is 25.7 Å². The number of piperidine rings is 1. The summed E-state index contributed by atoms with van der Waals surface area (Å²) >= 11 is 0. The van der Waals surface area contributed by atoms with Crippen LogP contribution in [0.15, 0.2) is 24.3 Å². The first-order valence-electron chi connectivity index (χ1n) is 10.6. The Labute approximate surface area is 177 Å². The molecule has 1 atom stereocenters. The van der Waals surface area contributed by atoms with Crippen LogP contribution in [0.4, 0.5) is 0 Å². The number of hydrogen-bond acceptors (Lipinski definition) is 7. The summed E-state index contributed by atoms with van der Waals surface area (Å²) in [6.07, 6.45) is 2.28. The molecule has 1 amide bonds. The van der Waals surface area contributed by atoms with Crippen LogP contribution >= 0.6 is 0 Å². The molecular weight excluding hydrogens is 388 g/mol. The molecule has 0 saturated carbocycles. The highest BCUT2D eigenvalue weighted by Gasteiger charge is 2.58. The van der Waals surface area contributed by atoms with Gasteiger partial charge in [-0.1, -0.05) is 19.1 Å². The Morgan fingerprint density at radius 2 is 1.90 bits per heavy atom. The average molecular weight is 421 g/mol. The van der Waals surface area contributed by atoms with Crippen molar-refractivity contribution in [1.29, 1.82) is 0 Å². The molecule has 0 aromatic heterocycles. The van der Waals surface area contributed by atoms with Gasteiger partial charge in [0.2, 0.25) is 5.91 Å². The lowest BCUT2D eigenvalue weighted by Crippen LogP contribution is -2.57. The first-order valence-corrected chi connectivity index (χ1v) is 10.6. The van der Waals surface area contributed by atoms with E-state index < -0.39 is 11.5 Å². The van der Waals surface area contributed by atoms with Gasteiger partial charge < -0.3 is 14.6 Å². The molecule has 2 heterocycles. The molecule has 8 nitrogen and oxygen atoms in total. The van der Waals surface area contributed by atoms with Crippen LogP contribution in [0.5, 0.6) is 5.75 Å². The molecule has 2 aliphatic heterocycles. The van der Waals surface area contributed by atoms with E-state index >= 15 is 0 Å². The number of benzene rings is 1. The van der Waals surface area contributed by atoms with E-state index in [1.807, 2.05) is 31.2 Å². The number of hydroxylamine groups is 2. The zero-order chi connectivity index (χ0) is 21.6. The third-order valence-electron chi connectivity index (χ3n) is 5.98. The largest absolute Gasteiger partial charge is 0.491 e. The molecule has 8 heteroatoms. The Hall–Kier alpha value is -2.16. The third-order valence-corrected chi connectivity index (χ3v) is 5.98. The van der Waals surface area contributed by atoms with Crippen molar-refractivity contribution in [2.24, 2.45) is 5.92 Å². The van der Waals surface area contributed by atoms with Gasteiger partial charge in [-0.15, -0.1) is 0 Å². The first kappa shape index (κ1) is 22.5. The topological polar surface area (TPSA) is 88.5 Å². The molecule has 2 saturated heterocycles. The van der Waals surface area contributed by atoms with Crippen LogP contribution in [0.25, 0.3) is 0 Å². The Bertz CT molecular complexity index is 715. The van der Waals surface area contributed by atoms with Gasteiger partial charge in [0.1, 0.15) is 12.4 Å². The van der Waals surface area contributed by atoms with Crippen LogP contribution in [0.1, 0.15) is 38.2 Å². The highest BCUT2D eigenvalue weighted by molar-refractivity contribution is 5.88. The van der Waals surface area contributed by atoms with Crippen LogP contribution in [0.3, 0.4) is 0 Å². The second kappa shape index (κ2) is 10.2. The molecule has 2 aliphatic rings. The summed E-state index contributed by atoms with van der Waals surface area (Å²) < 4.78 is 10.4. The van der Waals surface area contributed by atoms with Crippen molar-refractivity contribution in [3.63, 3.8) is 0 Å². The van der Waals surface area contributed by atoms with Gasteiger partial charge in [-0.05, 0) is 37.0 Å². The van der Waals surface area contributed by atoms with Gasteiger partial charge in [-0.3, -0.25) is 19.3 Å². The lowest BCUT2D eigenvalue weighted by Gasteiger charge is -2.45.